The van der Waals surface area contributed by atoms with Gasteiger partial charge in [-0.25, -0.2) is 0 Å². The van der Waals surface area contributed by atoms with Crippen LogP contribution in [-0.2, 0) is 6.54 Å². The van der Waals surface area contributed by atoms with Gasteiger partial charge in [0.2, 0.25) is 0 Å². The number of hydrogen-bond donors (Lipinski definition) is 0. The van der Waals surface area contributed by atoms with Crippen LogP contribution in [0.25, 0.3) is 22.9 Å². The van der Waals surface area contributed by atoms with E-state index in [0.717, 1.165) is 27.5 Å². The van der Waals surface area contributed by atoms with Gasteiger partial charge in [-0.2, -0.15) is 4.91 Å². The molecule has 0 saturated heterocycles. The molecular formula is C15H13NO. The summed E-state index contributed by atoms with van der Waals surface area (Å²) >= 11 is 0. The van der Waals surface area contributed by atoms with Crippen LogP contribution in [0.2, 0.25) is 0 Å². The first-order valence-corrected chi connectivity index (χ1v) is 5.40. The molecule has 0 amide bonds. The molecule has 0 aliphatic carbocycles. The van der Waals surface area contributed by atoms with Crippen molar-refractivity contribution in [3.8, 4) is 0 Å². The number of nitrogens with zero attached hydrogens (tertiary/aromatic N) is 1. The maximum absolute atomic E-state index is 10.6. The van der Waals surface area contributed by atoms with Crippen LogP contribution >= 0.6 is 0 Å². The lowest BCUT2D eigenvalue weighted by molar-refractivity contribution is 1.06. The SMILES string of the molecule is C=Cc1cc2ccccc2c(CN=O)c1C=C. The van der Waals surface area contributed by atoms with Gasteiger partial charge in [0.05, 0.1) is 0 Å². The molecule has 0 aromatic heterocycles. The highest BCUT2D eigenvalue weighted by atomic mass is 16.3. The van der Waals surface area contributed by atoms with Crippen molar-refractivity contribution in [2.45, 2.75) is 6.54 Å². The molecule has 0 atom stereocenters. The van der Waals surface area contributed by atoms with E-state index in [4.69, 9.17) is 0 Å². The van der Waals surface area contributed by atoms with Gasteiger partial charge in [0.15, 0.2) is 0 Å². The van der Waals surface area contributed by atoms with Gasteiger partial charge >= 0.3 is 0 Å². The van der Waals surface area contributed by atoms with Crippen LogP contribution < -0.4 is 0 Å². The first-order chi connectivity index (χ1) is 8.31. The Morgan fingerprint density at radius 3 is 2.59 bits per heavy atom. The van der Waals surface area contributed by atoms with E-state index in [0.29, 0.717) is 0 Å². The molecule has 84 valence electrons. The van der Waals surface area contributed by atoms with Gasteiger partial charge in [0.25, 0.3) is 0 Å². The molecular weight excluding hydrogens is 210 g/mol. The van der Waals surface area contributed by atoms with Gasteiger partial charge < -0.3 is 0 Å². The van der Waals surface area contributed by atoms with Crippen molar-refractivity contribution in [3.05, 3.63) is 65.1 Å². The highest BCUT2D eigenvalue weighted by molar-refractivity contribution is 5.92. The quantitative estimate of drug-likeness (QED) is 0.707. The fraction of sp³-hybridized carbons (Fsp3) is 0.0667. The Labute approximate surface area is 100 Å². The third-order valence-electron chi connectivity index (χ3n) is 2.88. The predicted molar refractivity (Wildman–Crippen MR) is 73.6 cm³/mol. The summed E-state index contributed by atoms with van der Waals surface area (Å²) in [4.78, 5) is 10.6. The molecule has 2 aromatic rings. The molecule has 0 bridgehead atoms. The van der Waals surface area contributed by atoms with Crippen LogP contribution in [-0.4, -0.2) is 0 Å². The minimum Gasteiger partial charge on any atom is -0.150 e. The average molecular weight is 223 g/mol. The largest absolute Gasteiger partial charge is 0.150 e. The molecule has 0 fully saturated rings. The van der Waals surface area contributed by atoms with Gasteiger partial charge in [-0.3, -0.25) is 0 Å². The van der Waals surface area contributed by atoms with Crippen LogP contribution in [0.15, 0.2) is 48.7 Å². The summed E-state index contributed by atoms with van der Waals surface area (Å²) in [5.74, 6) is 0. The van der Waals surface area contributed by atoms with Crippen molar-refractivity contribution in [2.75, 3.05) is 0 Å². The second kappa shape index (κ2) is 4.74. The summed E-state index contributed by atoms with van der Waals surface area (Å²) in [6.07, 6.45) is 3.53. The molecule has 17 heavy (non-hydrogen) atoms. The van der Waals surface area contributed by atoms with Crippen LogP contribution in [0.1, 0.15) is 16.7 Å². The van der Waals surface area contributed by atoms with Gasteiger partial charge in [-0.15, -0.1) is 0 Å². The summed E-state index contributed by atoms with van der Waals surface area (Å²) in [6, 6.07) is 9.99. The second-order valence-electron chi connectivity index (χ2n) is 3.77. The zero-order valence-electron chi connectivity index (χ0n) is 9.52. The van der Waals surface area contributed by atoms with Crippen LogP contribution in [0.4, 0.5) is 0 Å². The number of benzene rings is 2. The number of rotatable bonds is 4. The van der Waals surface area contributed by atoms with Crippen LogP contribution in [0, 0.1) is 4.91 Å². The Bertz CT molecular complexity index is 599. The van der Waals surface area contributed by atoms with E-state index in [1.165, 1.54) is 0 Å². The van der Waals surface area contributed by atoms with E-state index in [-0.39, 0.29) is 6.54 Å². The molecule has 0 spiro atoms. The van der Waals surface area contributed by atoms with Crippen molar-refractivity contribution >= 4 is 22.9 Å². The number of hydrogen-bond acceptors (Lipinski definition) is 2. The van der Waals surface area contributed by atoms with E-state index >= 15 is 0 Å². The second-order valence-corrected chi connectivity index (χ2v) is 3.77. The monoisotopic (exact) mass is 223 g/mol. The smallest absolute Gasteiger partial charge is 0.107 e. The topological polar surface area (TPSA) is 29.4 Å². The van der Waals surface area contributed by atoms with E-state index in [9.17, 15) is 4.91 Å². The van der Waals surface area contributed by atoms with E-state index in [2.05, 4.69) is 18.3 Å². The Balaban J connectivity index is 2.89. The fourth-order valence-electron chi connectivity index (χ4n) is 2.11. The zero-order chi connectivity index (χ0) is 12.3. The molecule has 0 radical (unpaired) electrons. The van der Waals surface area contributed by atoms with E-state index in [1.54, 1.807) is 12.2 Å². The summed E-state index contributed by atoms with van der Waals surface area (Å²) < 4.78 is 0. The van der Waals surface area contributed by atoms with Gasteiger partial charge in [0.1, 0.15) is 6.54 Å². The summed E-state index contributed by atoms with van der Waals surface area (Å²) in [5, 5.41) is 5.15. The summed E-state index contributed by atoms with van der Waals surface area (Å²) in [7, 11) is 0. The predicted octanol–water partition coefficient (Wildman–Crippen LogP) is 4.39. The summed E-state index contributed by atoms with van der Waals surface area (Å²) in [5.41, 5.74) is 2.85. The van der Waals surface area contributed by atoms with Gasteiger partial charge in [0, 0.05) is 0 Å². The molecule has 0 unspecified atom stereocenters. The highest BCUT2D eigenvalue weighted by Gasteiger charge is 2.09. The average Bonchev–Trinajstić information content (AvgIpc) is 2.38. The van der Waals surface area contributed by atoms with E-state index < -0.39 is 0 Å². The highest BCUT2D eigenvalue weighted by Crippen LogP contribution is 2.28. The minimum absolute atomic E-state index is 0.156. The maximum atomic E-state index is 10.6. The molecule has 2 nitrogen and oxygen atoms in total. The van der Waals surface area contributed by atoms with Crippen molar-refractivity contribution in [2.24, 2.45) is 5.18 Å². The van der Waals surface area contributed by atoms with E-state index in [1.807, 2.05) is 30.3 Å². The molecule has 2 rings (SSSR count). The number of fused-ring (bicyclic) bond motifs is 1. The van der Waals surface area contributed by atoms with Gasteiger partial charge in [-0.05, 0) is 33.5 Å². The minimum atomic E-state index is 0.156. The van der Waals surface area contributed by atoms with Crippen molar-refractivity contribution in [1.29, 1.82) is 0 Å². The van der Waals surface area contributed by atoms with Crippen molar-refractivity contribution < 1.29 is 0 Å². The molecule has 0 N–H and O–H groups in total. The molecule has 2 aromatic carbocycles. The third-order valence-corrected chi connectivity index (χ3v) is 2.88. The van der Waals surface area contributed by atoms with Gasteiger partial charge in [-0.1, -0.05) is 54.8 Å². The molecule has 0 aliphatic heterocycles. The maximum Gasteiger partial charge on any atom is 0.107 e. The number of nitroso groups, excluding NO2 is 1. The van der Waals surface area contributed by atoms with Crippen LogP contribution in [0.5, 0.6) is 0 Å². The first kappa shape index (κ1) is 11.3. The molecule has 2 heteroatoms. The Hall–Kier alpha value is -2.22. The third kappa shape index (κ3) is 1.89. The molecule has 0 heterocycles. The lowest BCUT2D eigenvalue weighted by Gasteiger charge is -2.11. The Kier molecular flexibility index (Phi) is 3.15. The normalized spacial score (nSPS) is 10.1. The molecule has 0 saturated carbocycles. The first-order valence-electron chi connectivity index (χ1n) is 5.40. The Morgan fingerprint density at radius 1 is 1.18 bits per heavy atom. The lowest BCUT2D eigenvalue weighted by atomic mass is 9.94. The summed E-state index contributed by atoms with van der Waals surface area (Å²) in [6.45, 7) is 7.75. The zero-order valence-corrected chi connectivity index (χ0v) is 9.52. The fourth-order valence-corrected chi connectivity index (χ4v) is 2.11. The molecule has 0 aliphatic rings. The van der Waals surface area contributed by atoms with Crippen molar-refractivity contribution in [1.82, 2.24) is 0 Å². The van der Waals surface area contributed by atoms with Crippen molar-refractivity contribution in [3.63, 3.8) is 0 Å². The Morgan fingerprint density at radius 2 is 1.94 bits per heavy atom. The van der Waals surface area contributed by atoms with Crippen LogP contribution in [0.3, 0.4) is 0 Å². The lowest BCUT2D eigenvalue weighted by Crippen LogP contribution is -1.93. The standard InChI is InChI=1S/C15H13NO/c1-3-11-9-12-7-5-6-8-14(12)15(10-16-17)13(11)4-2/h3-9H,1-2,10H2.